The second kappa shape index (κ2) is 6.80. The van der Waals surface area contributed by atoms with Crippen molar-refractivity contribution in [2.75, 3.05) is 0 Å². The molecule has 0 fully saturated rings. The van der Waals surface area contributed by atoms with Crippen LogP contribution < -0.4 is 0 Å². The Balaban J connectivity index is 0.000000182. The van der Waals surface area contributed by atoms with E-state index in [1.807, 2.05) is 0 Å². The summed E-state index contributed by atoms with van der Waals surface area (Å²) in [5, 5.41) is 0. The highest BCUT2D eigenvalue weighted by Crippen LogP contribution is 2.35. The molecule has 2 aromatic rings. The SMILES string of the molecule is O=[P+](O)O[P+](=O)O.c1ccc2c(c1)Cc1ccccc1-2. The summed E-state index contributed by atoms with van der Waals surface area (Å²) in [6.07, 6.45) is 1.10. The van der Waals surface area contributed by atoms with Crippen LogP contribution >= 0.6 is 16.5 Å². The minimum atomic E-state index is -2.92. The fraction of sp³-hybridized carbons (Fsp3) is 0.0769. The van der Waals surface area contributed by atoms with Crippen molar-refractivity contribution in [1.82, 2.24) is 0 Å². The topological polar surface area (TPSA) is 83.8 Å². The molecular weight excluding hydrogens is 298 g/mol. The van der Waals surface area contributed by atoms with Gasteiger partial charge in [0.1, 0.15) is 0 Å². The monoisotopic (exact) mass is 310 g/mol. The molecule has 2 unspecified atom stereocenters. The lowest BCUT2D eigenvalue weighted by atomic mass is 10.1. The van der Waals surface area contributed by atoms with Crippen LogP contribution in [-0.2, 0) is 19.9 Å². The Morgan fingerprint density at radius 1 is 0.800 bits per heavy atom. The summed E-state index contributed by atoms with van der Waals surface area (Å²) in [5.41, 5.74) is 5.75. The Hall–Kier alpha value is -1.48. The molecule has 5 nitrogen and oxygen atoms in total. The smallest absolute Gasteiger partial charge is 0.131 e. The van der Waals surface area contributed by atoms with E-state index in [1.165, 1.54) is 22.3 Å². The van der Waals surface area contributed by atoms with Gasteiger partial charge in [-0.1, -0.05) is 48.5 Å². The summed E-state index contributed by atoms with van der Waals surface area (Å²) in [6, 6.07) is 17.3. The van der Waals surface area contributed by atoms with Crippen LogP contribution in [0.25, 0.3) is 11.1 Å². The van der Waals surface area contributed by atoms with E-state index in [0.29, 0.717) is 0 Å². The predicted molar refractivity (Wildman–Crippen MR) is 75.4 cm³/mol. The van der Waals surface area contributed by atoms with Crippen molar-refractivity contribution in [3.63, 3.8) is 0 Å². The van der Waals surface area contributed by atoms with Gasteiger partial charge in [0.2, 0.25) is 0 Å². The Morgan fingerprint density at radius 2 is 1.20 bits per heavy atom. The fourth-order valence-corrected chi connectivity index (χ4v) is 2.62. The zero-order valence-electron chi connectivity index (χ0n) is 10.3. The highest BCUT2D eigenvalue weighted by atomic mass is 31.2. The lowest BCUT2D eigenvalue weighted by molar-refractivity contribution is 0.371. The summed E-state index contributed by atoms with van der Waals surface area (Å²) in [5.74, 6) is 0. The molecule has 2 N–H and O–H groups in total. The van der Waals surface area contributed by atoms with Crippen LogP contribution in [0.4, 0.5) is 0 Å². The molecule has 0 saturated heterocycles. The molecular formula is C13H12O5P2+2. The number of rotatable bonds is 2. The maximum Gasteiger partial charge on any atom is 0.745 e. The van der Waals surface area contributed by atoms with E-state index in [1.54, 1.807) is 0 Å². The molecule has 0 aromatic heterocycles. The van der Waals surface area contributed by atoms with Crippen molar-refractivity contribution in [2.24, 2.45) is 0 Å². The Bertz CT molecular complexity index is 601. The number of hydrogen-bond acceptors (Lipinski definition) is 3. The molecule has 1 aliphatic carbocycles. The largest absolute Gasteiger partial charge is 0.745 e. The lowest BCUT2D eigenvalue weighted by Gasteiger charge is -1.98. The van der Waals surface area contributed by atoms with E-state index in [2.05, 4.69) is 52.8 Å². The van der Waals surface area contributed by atoms with E-state index in [0.717, 1.165) is 6.42 Å². The standard InChI is InChI=1S/C13H10.O5P2/c1-3-7-12-10(5-1)9-11-6-2-4-8-13(11)12;1-6(2)5-7(3)4/h1-8H,9H2;/p+2. The van der Waals surface area contributed by atoms with Crippen molar-refractivity contribution < 1.29 is 23.2 Å². The molecule has 0 spiro atoms. The molecule has 20 heavy (non-hydrogen) atoms. The van der Waals surface area contributed by atoms with Gasteiger partial charge in [-0.3, -0.25) is 0 Å². The maximum absolute atomic E-state index is 9.39. The third-order valence-corrected chi connectivity index (χ3v) is 3.96. The van der Waals surface area contributed by atoms with Crippen LogP contribution in [0.1, 0.15) is 11.1 Å². The van der Waals surface area contributed by atoms with Gasteiger partial charge in [0.15, 0.2) is 4.31 Å². The van der Waals surface area contributed by atoms with Gasteiger partial charge in [0.25, 0.3) is 0 Å². The molecule has 0 heterocycles. The second-order valence-corrected chi connectivity index (χ2v) is 5.65. The molecule has 2 aromatic carbocycles. The van der Waals surface area contributed by atoms with Crippen molar-refractivity contribution in [3.05, 3.63) is 59.7 Å². The first kappa shape index (κ1) is 14.9. The third-order valence-electron chi connectivity index (χ3n) is 2.85. The highest BCUT2D eigenvalue weighted by molar-refractivity contribution is 7.46. The zero-order valence-corrected chi connectivity index (χ0v) is 12.1. The van der Waals surface area contributed by atoms with E-state index >= 15 is 0 Å². The molecule has 0 amide bonds. The molecule has 102 valence electrons. The summed E-state index contributed by atoms with van der Waals surface area (Å²) < 4.78 is 22.2. The Labute approximate surface area is 117 Å². The van der Waals surface area contributed by atoms with Gasteiger partial charge < -0.3 is 0 Å². The average molecular weight is 310 g/mol. The van der Waals surface area contributed by atoms with Crippen LogP contribution in [0.3, 0.4) is 0 Å². The van der Waals surface area contributed by atoms with Gasteiger partial charge in [-0.2, -0.15) is 0 Å². The number of hydrogen-bond donors (Lipinski definition) is 2. The molecule has 0 aliphatic heterocycles. The molecule has 0 bridgehead atoms. The predicted octanol–water partition coefficient (Wildman–Crippen LogP) is 3.56. The quantitative estimate of drug-likeness (QED) is 0.707. The van der Waals surface area contributed by atoms with Gasteiger partial charge in [-0.15, -0.1) is 9.79 Å². The van der Waals surface area contributed by atoms with E-state index in [4.69, 9.17) is 9.79 Å². The number of fused-ring (bicyclic) bond motifs is 3. The van der Waals surface area contributed by atoms with E-state index in [9.17, 15) is 9.13 Å². The van der Waals surface area contributed by atoms with Crippen LogP contribution in [0.15, 0.2) is 48.5 Å². The minimum Gasteiger partial charge on any atom is -0.131 e. The van der Waals surface area contributed by atoms with Gasteiger partial charge >= 0.3 is 16.5 Å². The third kappa shape index (κ3) is 3.76. The van der Waals surface area contributed by atoms with Gasteiger partial charge in [-0.25, -0.2) is 0 Å². The lowest BCUT2D eigenvalue weighted by Crippen LogP contribution is -1.77. The Morgan fingerprint density at radius 3 is 1.55 bits per heavy atom. The highest BCUT2D eigenvalue weighted by Gasteiger charge is 2.31. The van der Waals surface area contributed by atoms with Crippen LogP contribution in [0.5, 0.6) is 0 Å². The summed E-state index contributed by atoms with van der Waals surface area (Å²) >= 11 is 0. The fourth-order valence-electron chi connectivity index (χ4n) is 2.14. The van der Waals surface area contributed by atoms with Crippen LogP contribution in [-0.4, -0.2) is 9.79 Å². The summed E-state index contributed by atoms with van der Waals surface area (Å²) in [4.78, 5) is 15.3. The molecule has 2 atom stereocenters. The molecule has 0 saturated carbocycles. The van der Waals surface area contributed by atoms with Crippen LogP contribution in [0.2, 0.25) is 0 Å². The second-order valence-electron chi connectivity index (χ2n) is 4.05. The molecule has 7 heteroatoms. The Kier molecular flexibility index (Phi) is 5.07. The van der Waals surface area contributed by atoms with E-state index in [-0.39, 0.29) is 0 Å². The average Bonchev–Trinajstić information content (AvgIpc) is 2.76. The van der Waals surface area contributed by atoms with E-state index < -0.39 is 16.5 Å². The van der Waals surface area contributed by atoms with Crippen LogP contribution in [0, 0.1) is 0 Å². The van der Waals surface area contributed by atoms with Crippen molar-refractivity contribution in [1.29, 1.82) is 0 Å². The maximum atomic E-state index is 9.39. The number of benzene rings is 2. The van der Waals surface area contributed by atoms with Crippen molar-refractivity contribution in [2.45, 2.75) is 6.42 Å². The summed E-state index contributed by atoms with van der Waals surface area (Å²) in [6.45, 7) is 0. The first-order chi connectivity index (χ1) is 9.58. The molecule has 1 aliphatic rings. The first-order valence-electron chi connectivity index (χ1n) is 5.74. The van der Waals surface area contributed by atoms with Gasteiger partial charge in [0, 0.05) is 9.13 Å². The first-order valence-corrected chi connectivity index (χ1v) is 8.00. The minimum absolute atomic E-state index is 1.10. The summed E-state index contributed by atoms with van der Waals surface area (Å²) in [7, 11) is -5.85. The van der Waals surface area contributed by atoms with Gasteiger partial charge in [-0.05, 0) is 28.7 Å². The molecule has 3 rings (SSSR count). The normalized spacial score (nSPS) is 12.7. The zero-order chi connectivity index (χ0) is 14.5. The molecule has 0 radical (unpaired) electrons. The van der Waals surface area contributed by atoms with Crippen molar-refractivity contribution in [3.8, 4) is 11.1 Å². The van der Waals surface area contributed by atoms with Crippen molar-refractivity contribution >= 4 is 16.5 Å². The van der Waals surface area contributed by atoms with Gasteiger partial charge in [0.05, 0.1) is 0 Å².